The van der Waals surface area contributed by atoms with Gasteiger partial charge in [0.25, 0.3) is 11.5 Å². The molecular weight excluding hydrogens is 380 g/mol. The molecule has 9 nitrogen and oxygen atoms in total. The third-order valence-electron chi connectivity index (χ3n) is 5.39. The molecule has 0 aromatic carbocycles. The summed E-state index contributed by atoms with van der Waals surface area (Å²) in [5, 5.41) is 7.96. The van der Waals surface area contributed by atoms with E-state index in [2.05, 4.69) is 32.1 Å². The summed E-state index contributed by atoms with van der Waals surface area (Å²) < 4.78 is 6.58. The average molecular weight is 407 g/mol. The lowest BCUT2D eigenvalue weighted by atomic mass is 9.99. The van der Waals surface area contributed by atoms with Crippen LogP contribution in [-0.4, -0.2) is 77.9 Å². The Morgan fingerprint density at radius 1 is 1.29 bits per heavy atom. The van der Waals surface area contributed by atoms with Crippen molar-refractivity contribution in [1.82, 2.24) is 24.8 Å². The molecule has 2 aromatic rings. The van der Waals surface area contributed by atoms with Crippen molar-refractivity contribution in [2.75, 3.05) is 57.4 Å². The lowest BCUT2D eigenvalue weighted by molar-refractivity contribution is 0.0942. The predicted molar refractivity (Wildman–Crippen MR) is 107 cm³/mol. The summed E-state index contributed by atoms with van der Waals surface area (Å²) in [4.78, 5) is 34.4. The molecule has 10 heteroatoms. The molecule has 0 atom stereocenters. The summed E-state index contributed by atoms with van der Waals surface area (Å²) in [7, 11) is 0. The Morgan fingerprint density at radius 3 is 2.79 bits per heavy atom. The van der Waals surface area contributed by atoms with Crippen LogP contribution in [0, 0.1) is 5.92 Å². The minimum absolute atomic E-state index is 0.0311. The Hall–Kier alpha value is -2.04. The van der Waals surface area contributed by atoms with Crippen LogP contribution in [0.2, 0.25) is 0 Å². The molecule has 2 aliphatic heterocycles. The number of piperidine rings is 1. The predicted octanol–water partition coefficient (Wildman–Crippen LogP) is 0.449. The van der Waals surface area contributed by atoms with Crippen LogP contribution in [0.5, 0.6) is 0 Å². The van der Waals surface area contributed by atoms with Crippen LogP contribution in [0.15, 0.2) is 11.0 Å². The average Bonchev–Trinajstić information content (AvgIpc) is 3.16. The van der Waals surface area contributed by atoms with E-state index in [1.54, 1.807) is 0 Å². The molecule has 28 heavy (non-hydrogen) atoms. The van der Waals surface area contributed by atoms with Crippen molar-refractivity contribution < 1.29 is 9.53 Å². The molecule has 0 radical (unpaired) electrons. The highest BCUT2D eigenvalue weighted by Crippen LogP contribution is 2.22. The molecule has 0 spiro atoms. The summed E-state index contributed by atoms with van der Waals surface area (Å²) in [6.07, 6.45) is 3.76. The van der Waals surface area contributed by atoms with Crippen molar-refractivity contribution in [2.24, 2.45) is 5.92 Å². The number of amides is 1. The van der Waals surface area contributed by atoms with E-state index in [0.29, 0.717) is 24.7 Å². The number of rotatable bonds is 5. The normalized spacial score (nSPS) is 19.2. The minimum Gasteiger partial charge on any atom is -0.378 e. The summed E-state index contributed by atoms with van der Waals surface area (Å²) in [6, 6.07) is 0. The number of aromatic nitrogens is 3. The van der Waals surface area contributed by atoms with Crippen molar-refractivity contribution in [3.05, 3.63) is 22.1 Å². The first-order valence-electron chi connectivity index (χ1n) is 9.84. The number of nitrogens with one attached hydrogen (secondary N) is 1. The quantitative estimate of drug-likeness (QED) is 0.771. The van der Waals surface area contributed by atoms with Gasteiger partial charge in [-0.2, -0.15) is 4.52 Å². The summed E-state index contributed by atoms with van der Waals surface area (Å²) in [5.41, 5.74) is -0.395. The van der Waals surface area contributed by atoms with Gasteiger partial charge in [0.15, 0.2) is 0 Å². The SMILES string of the molecule is CC1CCN(CCNC(=O)c2cnc3sc(N4CCOCC4)nn3c2=O)CC1. The molecule has 0 bridgehead atoms. The van der Waals surface area contributed by atoms with E-state index in [9.17, 15) is 9.59 Å². The van der Waals surface area contributed by atoms with Gasteiger partial charge in [0.05, 0.1) is 13.2 Å². The van der Waals surface area contributed by atoms with Gasteiger partial charge in [-0.05, 0) is 31.8 Å². The summed E-state index contributed by atoms with van der Waals surface area (Å²) in [5.74, 6) is 0.391. The molecule has 2 aromatic heterocycles. The fraction of sp³-hybridized carbons (Fsp3) is 0.667. The Bertz CT molecular complexity index is 883. The Balaban J connectivity index is 1.41. The molecule has 2 saturated heterocycles. The van der Waals surface area contributed by atoms with E-state index in [1.807, 2.05) is 0 Å². The third kappa shape index (κ3) is 4.18. The highest BCUT2D eigenvalue weighted by Gasteiger charge is 2.20. The van der Waals surface area contributed by atoms with Gasteiger partial charge in [0.1, 0.15) is 5.56 Å². The van der Waals surface area contributed by atoms with E-state index < -0.39 is 11.5 Å². The van der Waals surface area contributed by atoms with Gasteiger partial charge in [0.2, 0.25) is 10.1 Å². The monoisotopic (exact) mass is 406 g/mol. The number of fused-ring (bicyclic) bond motifs is 1. The van der Waals surface area contributed by atoms with Crippen LogP contribution < -0.4 is 15.8 Å². The van der Waals surface area contributed by atoms with Crippen LogP contribution in [0.25, 0.3) is 4.96 Å². The number of nitrogens with zero attached hydrogens (tertiary/aromatic N) is 5. The lowest BCUT2D eigenvalue weighted by Crippen LogP contribution is -2.40. The van der Waals surface area contributed by atoms with Gasteiger partial charge >= 0.3 is 0 Å². The van der Waals surface area contributed by atoms with Crippen LogP contribution in [0.3, 0.4) is 0 Å². The van der Waals surface area contributed by atoms with Crippen molar-refractivity contribution in [3.8, 4) is 0 Å². The zero-order chi connectivity index (χ0) is 19.5. The molecule has 1 N–H and O–H groups in total. The number of ether oxygens (including phenoxy) is 1. The Morgan fingerprint density at radius 2 is 2.04 bits per heavy atom. The maximum atomic E-state index is 12.7. The third-order valence-corrected chi connectivity index (χ3v) is 6.38. The number of hydrogen-bond donors (Lipinski definition) is 1. The maximum absolute atomic E-state index is 12.7. The smallest absolute Gasteiger partial charge is 0.288 e. The topological polar surface area (TPSA) is 92.1 Å². The molecule has 0 unspecified atom stereocenters. The first-order chi connectivity index (χ1) is 13.6. The number of carbonyl (C=O) groups is 1. The van der Waals surface area contributed by atoms with Gasteiger partial charge in [-0.15, -0.1) is 5.10 Å². The zero-order valence-electron chi connectivity index (χ0n) is 16.1. The minimum atomic E-state index is -0.426. The molecule has 2 aliphatic rings. The van der Waals surface area contributed by atoms with Gasteiger partial charge in [-0.1, -0.05) is 18.3 Å². The van der Waals surface area contributed by atoms with Crippen molar-refractivity contribution >= 4 is 27.3 Å². The van der Waals surface area contributed by atoms with Gasteiger partial charge in [-0.3, -0.25) is 9.59 Å². The second-order valence-corrected chi connectivity index (χ2v) is 8.37. The van der Waals surface area contributed by atoms with E-state index >= 15 is 0 Å². The highest BCUT2D eigenvalue weighted by molar-refractivity contribution is 7.20. The van der Waals surface area contributed by atoms with Crippen LogP contribution in [0.4, 0.5) is 5.13 Å². The number of morpholine rings is 1. The molecule has 152 valence electrons. The second-order valence-electron chi connectivity index (χ2n) is 7.44. The van der Waals surface area contributed by atoms with Crippen molar-refractivity contribution in [3.63, 3.8) is 0 Å². The highest BCUT2D eigenvalue weighted by atomic mass is 32.1. The molecular formula is C18H26N6O3S. The summed E-state index contributed by atoms with van der Waals surface area (Å²) in [6.45, 7) is 8.47. The molecule has 4 rings (SSSR count). The Labute approximate surface area is 167 Å². The first-order valence-corrected chi connectivity index (χ1v) is 10.7. The molecule has 0 aliphatic carbocycles. The molecule has 2 fully saturated rings. The van der Waals surface area contributed by atoms with Crippen LogP contribution >= 0.6 is 11.3 Å². The van der Waals surface area contributed by atoms with E-state index in [4.69, 9.17) is 4.74 Å². The number of hydrogen-bond acceptors (Lipinski definition) is 8. The Kier molecular flexibility index (Phi) is 5.88. The largest absolute Gasteiger partial charge is 0.378 e. The van der Waals surface area contributed by atoms with E-state index in [-0.39, 0.29) is 5.56 Å². The van der Waals surface area contributed by atoms with Crippen LogP contribution in [-0.2, 0) is 4.74 Å². The van der Waals surface area contributed by atoms with Crippen molar-refractivity contribution in [2.45, 2.75) is 19.8 Å². The standard InChI is InChI=1S/C18H26N6O3S/c1-13-2-5-22(6-3-13)7-4-19-15(25)14-12-20-17-24(16(14)26)21-18(28-17)23-8-10-27-11-9-23/h12-13H,2-11H2,1H3,(H,19,25). The molecule has 1 amide bonds. The van der Waals surface area contributed by atoms with Crippen LogP contribution in [0.1, 0.15) is 30.1 Å². The summed E-state index contributed by atoms with van der Waals surface area (Å²) >= 11 is 1.35. The lowest BCUT2D eigenvalue weighted by Gasteiger charge is -2.30. The van der Waals surface area contributed by atoms with Gasteiger partial charge in [-0.25, -0.2) is 4.98 Å². The fourth-order valence-electron chi connectivity index (χ4n) is 3.52. The number of carbonyl (C=O) groups excluding carboxylic acids is 1. The number of anilines is 1. The number of likely N-dealkylation sites (tertiary alicyclic amines) is 1. The molecule has 4 heterocycles. The molecule has 0 saturated carbocycles. The maximum Gasteiger partial charge on any atom is 0.288 e. The first kappa shape index (κ1) is 19.3. The zero-order valence-corrected chi connectivity index (χ0v) is 16.9. The van der Waals surface area contributed by atoms with E-state index in [1.165, 1.54) is 34.9 Å². The van der Waals surface area contributed by atoms with Crippen molar-refractivity contribution in [1.29, 1.82) is 0 Å². The van der Waals surface area contributed by atoms with E-state index in [0.717, 1.165) is 43.8 Å². The fourth-order valence-corrected chi connectivity index (χ4v) is 4.44. The van der Waals surface area contributed by atoms with Gasteiger partial charge < -0.3 is 19.9 Å². The van der Waals surface area contributed by atoms with Gasteiger partial charge in [0, 0.05) is 32.4 Å². The second kappa shape index (κ2) is 8.54.